The summed E-state index contributed by atoms with van der Waals surface area (Å²) < 4.78 is 18.2. The van der Waals surface area contributed by atoms with Crippen molar-refractivity contribution in [3.8, 4) is 28.0 Å². The molecule has 3 aromatic carbocycles. The van der Waals surface area contributed by atoms with Crippen LogP contribution in [0.3, 0.4) is 0 Å². The zero-order chi connectivity index (χ0) is 32.4. The van der Waals surface area contributed by atoms with Gasteiger partial charge in [0.05, 0.1) is 72.1 Å². The van der Waals surface area contributed by atoms with Crippen molar-refractivity contribution in [1.29, 1.82) is 0 Å². The van der Waals surface area contributed by atoms with Crippen LogP contribution < -0.4 is 9.64 Å². The minimum absolute atomic E-state index is 0.0304. The van der Waals surface area contributed by atoms with E-state index in [4.69, 9.17) is 37.4 Å². The lowest BCUT2D eigenvalue weighted by Crippen LogP contribution is -2.37. The molecule has 1 fully saturated rings. The summed E-state index contributed by atoms with van der Waals surface area (Å²) in [7, 11) is 1.52. The van der Waals surface area contributed by atoms with E-state index in [0.29, 0.717) is 43.3 Å². The number of aliphatic hydroxyl groups is 1. The first-order valence-corrected chi connectivity index (χ1v) is 15.4. The van der Waals surface area contributed by atoms with E-state index >= 15 is 0 Å². The Morgan fingerprint density at radius 1 is 1.04 bits per heavy atom. The molecule has 46 heavy (non-hydrogen) atoms. The highest BCUT2D eigenvalue weighted by molar-refractivity contribution is 6.40. The third-order valence-electron chi connectivity index (χ3n) is 7.98. The Hall–Kier alpha value is -4.13. The Morgan fingerprint density at radius 2 is 1.80 bits per heavy atom. The van der Waals surface area contributed by atoms with Crippen molar-refractivity contribution in [2.24, 2.45) is 0 Å². The molecule has 2 aliphatic rings. The molecular weight excluding hydrogens is 635 g/mol. The number of carboxylic acids is 1. The highest BCUT2D eigenvalue weighted by Gasteiger charge is 2.29. The number of carboxylic acid groups (broad SMARTS) is 1. The lowest BCUT2D eigenvalue weighted by Gasteiger charge is -2.32. The van der Waals surface area contributed by atoms with Crippen molar-refractivity contribution >= 4 is 40.8 Å². The molecule has 3 heterocycles. The zero-order valence-electron chi connectivity index (χ0n) is 25.0. The molecule has 1 amide bonds. The van der Waals surface area contributed by atoms with Gasteiger partial charge in [0.2, 0.25) is 0 Å². The number of ether oxygens (including phenoxy) is 3. The number of fused-ring (bicyclic) bond motifs is 1. The molecule has 6 rings (SSSR count). The fourth-order valence-electron chi connectivity index (χ4n) is 5.75. The normalized spacial score (nSPS) is 15.3. The largest absolute Gasteiger partial charge is 0.478 e. The van der Waals surface area contributed by atoms with E-state index in [-0.39, 0.29) is 53.5 Å². The summed E-state index contributed by atoms with van der Waals surface area (Å²) in [6.07, 6.45) is 2.69. The molecule has 0 aliphatic carbocycles. The number of carbonyl (C=O) groups excluding carboxylic acids is 1. The predicted octanol–water partition coefficient (Wildman–Crippen LogP) is 5.06. The molecule has 2 aliphatic heterocycles. The number of anilines is 1. The topological polar surface area (TPSA) is 127 Å². The number of methoxy groups -OCH3 is 1. The van der Waals surface area contributed by atoms with E-state index in [2.05, 4.69) is 5.10 Å². The molecule has 0 bridgehead atoms. The van der Waals surface area contributed by atoms with Crippen molar-refractivity contribution in [2.45, 2.75) is 19.2 Å². The van der Waals surface area contributed by atoms with Gasteiger partial charge in [0.25, 0.3) is 5.91 Å². The molecule has 13 heteroatoms. The molecule has 0 saturated carbocycles. The highest BCUT2D eigenvalue weighted by atomic mass is 35.5. The molecule has 11 nitrogen and oxygen atoms in total. The van der Waals surface area contributed by atoms with E-state index in [1.165, 1.54) is 12.0 Å². The lowest BCUT2D eigenvalue weighted by molar-refractivity contribution is 0.0512. The maximum Gasteiger partial charge on any atom is 0.337 e. The molecule has 240 valence electrons. The van der Waals surface area contributed by atoms with E-state index in [0.717, 1.165) is 22.3 Å². The number of hydrogen-bond acceptors (Lipinski definition) is 8. The summed E-state index contributed by atoms with van der Waals surface area (Å²) in [5.41, 5.74) is 4.81. The second-order valence-corrected chi connectivity index (χ2v) is 11.9. The van der Waals surface area contributed by atoms with Crippen molar-refractivity contribution < 1.29 is 34.0 Å². The molecule has 1 saturated heterocycles. The first-order valence-electron chi connectivity index (χ1n) is 14.7. The van der Waals surface area contributed by atoms with Gasteiger partial charge in [-0.05, 0) is 35.4 Å². The molecule has 0 spiro atoms. The molecule has 0 unspecified atom stereocenters. The minimum atomic E-state index is -0.994. The zero-order valence-corrected chi connectivity index (χ0v) is 26.5. The third-order valence-corrected chi connectivity index (χ3v) is 8.58. The molecule has 2 N–H and O–H groups in total. The van der Waals surface area contributed by atoms with Gasteiger partial charge in [-0.3, -0.25) is 9.48 Å². The number of aromatic carboxylic acids is 1. The smallest absolute Gasteiger partial charge is 0.337 e. The van der Waals surface area contributed by atoms with Crippen LogP contribution >= 0.6 is 23.2 Å². The number of nitrogens with zero attached hydrogens (tertiary/aromatic N) is 4. The second kappa shape index (κ2) is 13.7. The average molecular weight is 668 g/mol. The first kappa shape index (κ1) is 31.8. The van der Waals surface area contributed by atoms with E-state index in [1.807, 2.05) is 29.2 Å². The van der Waals surface area contributed by atoms with Gasteiger partial charge in [-0.2, -0.15) is 5.10 Å². The summed E-state index contributed by atoms with van der Waals surface area (Å²) in [5, 5.41) is 24.5. The highest BCUT2D eigenvalue weighted by Crippen LogP contribution is 2.40. The van der Waals surface area contributed by atoms with Crippen molar-refractivity contribution in [3.05, 3.63) is 87.7 Å². The lowest BCUT2D eigenvalue weighted by atomic mass is 9.97. The fraction of sp³-hybridized carbons (Fsp3) is 0.303. The Morgan fingerprint density at radius 3 is 2.52 bits per heavy atom. The van der Waals surface area contributed by atoms with E-state index in [9.17, 15) is 19.8 Å². The SMILES string of the molecule is COC[C@H](O)Cn1cc(-c2cc(Cl)c(C(=O)N3COc4c(cccc4-c4ccc(C(=O)O)c(N5CCOCC5)c4)C3)c(Cl)c2)cn1. The van der Waals surface area contributed by atoms with Crippen molar-refractivity contribution in [1.82, 2.24) is 14.7 Å². The Kier molecular flexibility index (Phi) is 9.48. The maximum atomic E-state index is 13.7. The Labute approximate surface area is 275 Å². The molecule has 4 aromatic rings. The van der Waals surface area contributed by atoms with Crippen molar-refractivity contribution in [2.75, 3.05) is 51.7 Å². The Bertz CT molecular complexity index is 1750. The van der Waals surface area contributed by atoms with E-state index in [1.54, 1.807) is 41.3 Å². The molecule has 1 aromatic heterocycles. The standard InChI is InChI=1S/C33H32Cl2N4O7/c1-44-18-24(40)17-39-16-23(14-36-39)22-11-27(34)30(28(35)12-22)32(41)38-15-21-3-2-4-25(31(21)46-19-38)20-5-6-26(33(42)43)29(13-20)37-7-9-45-10-8-37/h2-6,11-14,16,24,40H,7-10,15,17-19H2,1H3,(H,42,43)/t24-/m1/s1. The number of amides is 1. The predicted molar refractivity (Wildman–Crippen MR) is 173 cm³/mol. The van der Waals surface area contributed by atoms with Crippen LogP contribution in [0.2, 0.25) is 10.0 Å². The van der Waals surface area contributed by atoms with Gasteiger partial charge in [0.1, 0.15) is 5.75 Å². The number of rotatable bonds is 9. The van der Waals surface area contributed by atoms with Crippen LogP contribution in [0, 0.1) is 0 Å². The van der Waals surface area contributed by atoms with Crippen LogP contribution in [-0.2, 0) is 22.6 Å². The summed E-state index contributed by atoms with van der Waals surface area (Å²) in [4.78, 5) is 29.3. The minimum Gasteiger partial charge on any atom is -0.478 e. The number of aliphatic hydroxyl groups excluding tert-OH is 1. The summed E-state index contributed by atoms with van der Waals surface area (Å²) in [5.74, 6) is -0.745. The van der Waals surface area contributed by atoms with Gasteiger partial charge < -0.3 is 34.2 Å². The van der Waals surface area contributed by atoms with Gasteiger partial charge in [-0.25, -0.2) is 4.79 Å². The Balaban J connectivity index is 1.23. The summed E-state index contributed by atoms with van der Waals surface area (Å²) in [6.45, 7) is 2.92. The fourth-order valence-corrected chi connectivity index (χ4v) is 6.40. The number of carbonyl (C=O) groups is 2. The van der Waals surface area contributed by atoms with Crippen LogP contribution in [0.4, 0.5) is 5.69 Å². The number of morpholine rings is 1. The van der Waals surface area contributed by atoms with Crippen LogP contribution in [0.1, 0.15) is 26.3 Å². The van der Waals surface area contributed by atoms with Gasteiger partial charge >= 0.3 is 5.97 Å². The monoisotopic (exact) mass is 666 g/mol. The third kappa shape index (κ3) is 6.55. The quantitative estimate of drug-likeness (QED) is 0.252. The van der Waals surface area contributed by atoms with Crippen LogP contribution in [0.25, 0.3) is 22.3 Å². The number of halogens is 2. The number of benzene rings is 3. The molecule has 1 atom stereocenters. The van der Waals surface area contributed by atoms with Gasteiger partial charge in [0, 0.05) is 43.1 Å². The number of aromatic nitrogens is 2. The second-order valence-electron chi connectivity index (χ2n) is 11.1. The van der Waals surface area contributed by atoms with Crippen LogP contribution in [-0.4, -0.2) is 89.6 Å². The molecular formula is C33H32Cl2N4O7. The number of hydrogen-bond donors (Lipinski definition) is 2. The first-order chi connectivity index (χ1) is 22.2. The maximum absolute atomic E-state index is 13.7. The van der Waals surface area contributed by atoms with E-state index < -0.39 is 12.1 Å². The summed E-state index contributed by atoms with van der Waals surface area (Å²) in [6, 6.07) is 14.3. The van der Waals surface area contributed by atoms with Gasteiger partial charge in [0.15, 0.2) is 6.73 Å². The van der Waals surface area contributed by atoms with Gasteiger partial charge in [-0.1, -0.05) is 47.5 Å². The van der Waals surface area contributed by atoms with Gasteiger partial charge in [-0.15, -0.1) is 0 Å². The van der Waals surface area contributed by atoms with Crippen molar-refractivity contribution in [3.63, 3.8) is 0 Å². The van der Waals surface area contributed by atoms with Crippen LogP contribution in [0.5, 0.6) is 5.75 Å². The summed E-state index contributed by atoms with van der Waals surface area (Å²) >= 11 is 13.3. The molecule has 0 radical (unpaired) electrons. The average Bonchev–Trinajstić information content (AvgIpc) is 3.52. The number of para-hydroxylation sites is 1. The van der Waals surface area contributed by atoms with Crippen LogP contribution in [0.15, 0.2) is 60.9 Å².